The predicted octanol–water partition coefficient (Wildman–Crippen LogP) is 0.871. The first-order valence-corrected chi connectivity index (χ1v) is 8.96. The first-order chi connectivity index (χ1) is 12.6. The average Bonchev–Trinajstić information content (AvgIpc) is 3.09. The maximum Gasteiger partial charge on any atom is 0.293 e. The largest absolute Gasteiger partial charge is 0.375 e. The van der Waals surface area contributed by atoms with E-state index in [-0.39, 0.29) is 23.4 Å². The molecule has 1 spiro atoms. The number of hydrogen-bond donors (Lipinski definition) is 1. The van der Waals surface area contributed by atoms with E-state index in [1.54, 1.807) is 36.5 Å². The molecule has 1 atom stereocenters. The Bertz CT molecular complexity index is 755. The highest BCUT2D eigenvalue weighted by Gasteiger charge is 2.41. The third kappa shape index (κ3) is 3.52. The zero-order valence-electron chi connectivity index (χ0n) is 14.8. The maximum absolute atomic E-state index is 12.5. The van der Waals surface area contributed by atoms with Gasteiger partial charge < -0.3 is 15.0 Å². The summed E-state index contributed by atoms with van der Waals surface area (Å²) in [5.74, 6) is 0.806. The second kappa shape index (κ2) is 6.99. The zero-order valence-corrected chi connectivity index (χ0v) is 14.8. The molecule has 138 valence electrons. The number of carbonyl (C=O) groups excluding carboxylic acids is 1. The van der Waals surface area contributed by atoms with Crippen molar-refractivity contribution in [3.63, 3.8) is 0 Å². The summed E-state index contributed by atoms with van der Waals surface area (Å²) in [4.78, 5) is 26.9. The van der Waals surface area contributed by atoms with Crippen LogP contribution in [0.5, 0.6) is 0 Å². The molecule has 0 bridgehead atoms. The van der Waals surface area contributed by atoms with Crippen molar-refractivity contribution in [2.75, 3.05) is 25.0 Å². The van der Waals surface area contributed by atoms with Gasteiger partial charge in [0.1, 0.15) is 6.33 Å². The second-order valence-electron chi connectivity index (χ2n) is 6.97. The van der Waals surface area contributed by atoms with E-state index in [9.17, 15) is 4.79 Å². The van der Waals surface area contributed by atoms with Crippen LogP contribution >= 0.6 is 0 Å². The number of amides is 1. The fourth-order valence-corrected chi connectivity index (χ4v) is 3.75. The molecule has 1 unspecified atom stereocenters. The molecule has 2 aliphatic heterocycles. The van der Waals surface area contributed by atoms with E-state index in [1.165, 1.54) is 0 Å². The molecule has 2 aliphatic rings. The Kier molecular flexibility index (Phi) is 4.54. The highest BCUT2D eigenvalue weighted by molar-refractivity contribution is 5.90. The van der Waals surface area contributed by atoms with Crippen LogP contribution in [0.3, 0.4) is 0 Å². The molecule has 0 saturated carbocycles. The van der Waals surface area contributed by atoms with E-state index in [1.807, 2.05) is 4.90 Å². The molecule has 1 amide bonds. The van der Waals surface area contributed by atoms with E-state index in [0.717, 1.165) is 25.7 Å². The predicted molar refractivity (Wildman–Crippen MR) is 93.5 cm³/mol. The number of likely N-dealkylation sites (tertiary alicyclic amines) is 1. The van der Waals surface area contributed by atoms with E-state index < -0.39 is 0 Å². The van der Waals surface area contributed by atoms with E-state index in [4.69, 9.17) is 4.74 Å². The molecule has 9 nitrogen and oxygen atoms in total. The van der Waals surface area contributed by atoms with Gasteiger partial charge in [-0.3, -0.25) is 9.48 Å². The van der Waals surface area contributed by atoms with E-state index in [2.05, 4.69) is 25.4 Å². The van der Waals surface area contributed by atoms with Crippen molar-refractivity contribution in [2.24, 2.45) is 7.05 Å². The van der Waals surface area contributed by atoms with Gasteiger partial charge in [-0.05, 0) is 31.7 Å². The second-order valence-corrected chi connectivity index (χ2v) is 6.97. The molecule has 4 rings (SSSR count). The van der Waals surface area contributed by atoms with E-state index >= 15 is 0 Å². The van der Waals surface area contributed by atoms with Crippen LogP contribution < -0.4 is 5.32 Å². The van der Waals surface area contributed by atoms with Crippen molar-refractivity contribution in [3.8, 4) is 0 Å². The van der Waals surface area contributed by atoms with Crippen LogP contribution in [0.4, 0.5) is 5.95 Å². The SMILES string of the molecule is Cn1cnc(C(=O)N2CCC3(CC2)CC(Nc2ncccn2)CCO3)n1. The van der Waals surface area contributed by atoms with Crippen molar-refractivity contribution < 1.29 is 9.53 Å². The molecule has 2 fully saturated rings. The molecular formula is C17H23N7O2. The Morgan fingerprint density at radius 2 is 2.04 bits per heavy atom. The molecule has 26 heavy (non-hydrogen) atoms. The Balaban J connectivity index is 1.36. The zero-order chi connectivity index (χ0) is 18.0. The molecule has 2 aromatic rings. The van der Waals surface area contributed by atoms with Gasteiger partial charge in [-0.2, -0.15) is 0 Å². The number of hydrogen-bond acceptors (Lipinski definition) is 7. The number of aromatic nitrogens is 5. The topological polar surface area (TPSA) is 98.1 Å². The molecular weight excluding hydrogens is 334 g/mol. The lowest BCUT2D eigenvalue weighted by atomic mass is 9.82. The van der Waals surface area contributed by atoms with Crippen LogP contribution in [0.25, 0.3) is 0 Å². The number of anilines is 1. The fourth-order valence-electron chi connectivity index (χ4n) is 3.75. The van der Waals surface area contributed by atoms with Crippen LogP contribution in [0, 0.1) is 0 Å². The summed E-state index contributed by atoms with van der Waals surface area (Å²) in [6.07, 6.45) is 8.49. The number of carbonyl (C=O) groups is 1. The van der Waals surface area contributed by atoms with Crippen LogP contribution in [0.15, 0.2) is 24.8 Å². The summed E-state index contributed by atoms with van der Waals surface area (Å²) in [5, 5.41) is 7.52. The summed E-state index contributed by atoms with van der Waals surface area (Å²) in [7, 11) is 1.76. The number of rotatable bonds is 3. The molecule has 0 aromatic carbocycles. The van der Waals surface area contributed by atoms with Gasteiger partial charge in [0.25, 0.3) is 5.91 Å². The standard InChI is InChI=1S/C17H23N7O2/c1-23-12-20-14(22-23)15(25)24-8-4-17(5-9-24)11-13(3-10-26-17)21-16-18-6-2-7-19-16/h2,6-7,12-13H,3-5,8-11H2,1H3,(H,18,19,21). The summed E-state index contributed by atoms with van der Waals surface area (Å²) in [6, 6.07) is 2.09. The van der Waals surface area contributed by atoms with Crippen molar-refractivity contribution in [1.82, 2.24) is 29.6 Å². The van der Waals surface area contributed by atoms with Crippen LogP contribution in [-0.4, -0.2) is 66.9 Å². The summed E-state index contributed by atoms with van der Waals surface area (Å²) in [5.41, 5.74) is -0.182. The quantitative estimate of drug-likeness (QED) is 0.870. The highest BCUT2D eigenvalue weighted by atomic mass is 16.5. The minimum Gasteiger partial charge on any atom is -0.375 e. The summed E-state index contributed by atoms with van der Waals surface area (Å²) >= 11 is 0. The third-order valence-corrected chi connectivity index (χ3v) is 5.14. The minimum absolute atomic E-state index is 0.108. The lowest BCUT2D eigenvalue weighted by molar-refractivity contribution is -0.110. The van der Waals surface area contributed by atoms with Crippen LogP contribution in [-0.2, 0) is 11.8 Å². The van der Waals surface area contributed by atoms with Crippen molar-refractivity contribution in [1.29, 1.82) is 0 Å². The Morgan fingerprint density at radius 3 is 2.73 bits per heavy atom. The Hall–Kier alpha value is -2.55. The van der Waals surface area contributed by atoms with Gasteiger partial charge in [-0.25, -0.2) is 15.0 Å². The number of piperidine rings is 1. The summed E-state index contributed by atoms with van der Waals surface area (Å²) in [6.45, 7) is 2.03. The summed E-state index contributed by atoms with van der Waals surface area (Å²) < 4.78 is 7.70. The third-order valence-electron chi connectivity index (χ3n) is 5.14. The first kappa shape index (κ1) is 16.9. The van der Waals surface area contributed by atoms with Gasteiger partial charge in [-0.15, -0.1) is 5.10 Å². The smallest absolute Gasteiger partial charge is 0.293 e. The molecule has 4 heterocycles. The number of ether oxygens (including phenoxy) is 1. The fraction of sp³-hybridized carbons (Fsp3) is 0.588. The Morgan fingerprint density at radius 1 is 1.27 bits per heavy atom. The number of nitrogens with zero attached hydrogens (tertiary/aromatic N) is 6. The van der Waals surface area contributed by atoms with Gasteiger partial charge in [0.2, 0.25) is 11.8 Å². The molecule has 2 saturated heterocycles. The van der Waals surface area contributed by atoms with Crippen molar-refractivity contribution in [3.05, 3.63) is 30.6 Å². The van der Waals surface area contributed by atoms with Crippen LogP contribution in [0.2, 0.25) is 0 Å². The average molecular weight is 357 g/mol. The minimum atomic E-state index is -0.182. The lowest BCUT2D eigenvalue weighted by Gasteiger charge is -2.46. The van der Waals surface area contributed by atoms with Crippen molar-refractivity contribution >= 4 is 11.9 Å². The molecule has 1 N–H and O–H groups in total. The lowest BCUT2D eigenvalue weighted by Crippen LogP contribution is -2.52. The number of aryl methyl sites for hydroxylation is 1. The van der Waals surface area contributed by atoms with Gasteiger partial charge in [0, 0.05) is 45.2 Å². The highest BCUT2D eigenvalue weighted by Crippen LogP contribution is 2.36. The van der Waals surface area contributed by atoms with Gasteiger partial charge >= 0.3 is 0 Å². The Labute approximate surface area is 151 Å². The molecule has 9 heteroatoms. The monoisotopic (exact) mass is 357 g/mol. The first-order valence-electron chi connectivity index (χ1n) is 8.96. The molecule has 2 aromatic heterocycles. The normalized spacial score (nSPS) is 22.3. The van der Waals surface area contributed by atoms with Gasteiger partial charge in [0.05, 0.1) is 5.60 Å². The van der Waals surface area contributed by atoms with E-state index in [0.29, 0.717) is 25.6 Å². The molecule has 0 aliphatic carbocycles. The molecule has 0 radical (unpaired) electrons. The number of nitrogens with one attached hydrogen (secondary N) is 1. The maximum atomic E-state index is 12.5. The van der Waals surface area contributed by atoms with Gasteiger partial charge in [-0.1, -0.05) is 0 Å². The van der Waals surface area contributed by atoms with Crippen molar-refractivity contribution in [2.45, 2.75) is 37.3 Å². The van der Waals surface area contributed by atoms with Gasteiger partial charge in [0.15, 0.2) is 0 Å². The van der Waals surface area contributed by atoms with Crippen LogP contribution in [0.1, 0.15) is 36.3 Å².